The van der Waals surface area contributed by atoms with Gasteiger partial charge in [-0.05, 0) is 60.9 Å². The molecule has 2 atom stereocenters. The van der Waals surface area contributed by atoms with Crippen LogP contribution in [0.1, 0.15) is 46.9 Å². The number of nitrogens with two attached hydrogens (primary N) is 1. The highest BCUT2D eigenvalue weighted by molar-refractivity contribution is 7.92. The third kappa shape index (κ3) is 7.62. The largest absolute Gasteiger partial charge is 0.459 e. The zero-order chi connectivity index (χ0) is 28.1. The van der Waals surface area contributed by atoms with Gasteiger partial charge in [-0.1, -0.05) is 42.5 Å². The van der Waals surface area contributed by atoms with E-state index in [1.54, 1.807) is 26.0 Å². The molecule has 0 aliphatic rings. The van der Waals surface area contributed by atoms with Crippen molar-refractivity contribution in [3.63, 3.8) is 0 Å². The van der Waals surface area contributed by atoms with E-state index in [4.69, 9.17) is 10.5 Å². The van der Waals surface area contributed by atoms with Crippen LogP contribution in [0.3, 0.4) is 0 Å². The van der Waals surface area contributed by atoms with Gasteiger partial charge in [0.2, 0.25) is 10.0 Å². The van der Waals surface area contributed by atoms with Gasteiger partial charge in [0.05, 0.1) is 18.0 Å². The number of nitrogens with zero attached hydrogens (tertiary/aromatic N) is 1. The standard InChI is InChI=1S/C28H32FN3O5S/c1-19(22-10-12-24(29)13-11-22)31-26(33)23-14-21(15-25(16-23)32(3)38(4,35)36)18-37-27(34)28(2,30)17-20-8-6-5-7-9-20/h5-16,19H,17-18,30H2,1-4H3,(H,31,33)/t19-,28?/m1/s1. The Balaban J connectivity index is 1.82. The summed E-state index contributed by atoms with van der Waals surface area (Å²) in [6.45, 7) is 3.10. The van der Waals surface area contributed by atoms with Crippen molar-refractivity contribution in [2.24, 2.45) is 5.73 Å². The van der Waals surface area contributed by atoms with E-state index in [2.05, 4.69) is 5.32 Å². The number of esters is 1. The number of hydrogen-bond donors (Lipinski definition) is 2. The number of ether oxygens (including phenoxy) is 1. The number of nitrogens with one attached hydrogen (secondary N) is 1. The van der Waals surface area contributed by atoms with Crippen LogP contribution in [0.15, 0.2) is 72.8 Å². The summed E-state index contributed by atoms with van der Waals surface area (Å²) in [5.41, 5.74) is 7.30. The molecule has 3 aromatic rings. The van der Waals surface area contributed by atoms with Crippen LogP contribution in [-0.2, 0) is 32.6 Å². The van der Waals surface area contributed by atoms with E-state index in [-0.39, 0.29) is 30.1 Å². The first-order chi connectivity index (χ1) is 17.8. The summed E-state index contributed by atoms with van der Waals surface area (Å²) in [6.07, 6.45) is 1.30. The Morgan fingerprint density at radius 3 is 2.29 bits per heavy atom. The first kappa shape index (κ1) is 28.8. The first-order valence-corrected chi connectivity index (χ1v) is 13.8. The van der Waals surface area contributed by atoms with E-state index in [0.717, 1.165) is 16.1 Å². The third-order valence-corrected chi connectivity index (χ3v) is 7.27. The molecular formula is C28H32FN3O5S. The van der Waals surface area contributed by atoms with Gasteiger partial charge in [0.15, 0.2) is 0 Å². The summed E-state index contributed by atoms with van der Waals surface area (Å²) >= 11 is 0. The van der Waals surface area contributed by atoms with Crippen LogP contribution < -0.4 is 15.4 Å². The van der Waals surface area contributed by atoms with Gasteiger partial charge in [-0.3, -0.25) is 13.9 Å². The molecule has 0 saturated heterocycles. The summed E-state index contributed by atoms with van der Waals surface area (Å²) in [5.74, 6) is -1.51. The van der Waals surface area contributed by atoms with Crippen molar-refractivity contribution in [2.75, 3.05) is 17.6 Å². The number of hydrogen-bond acceptors (Lipinski definition) is 6. The van der Waals surface area contributed by atoms with Crippen LogP contribution in [0.4, 0.5) is 10.1 Å². The fraction of sp³-hybridized carbons (Fsp3) is 0.286. The zero-order valence-corrected chi connectivity index (χ0v) is 22.6. The lowest BCUT2D eigenvalue weighted by atomic mass is 9.94. The molecule has 0 aliphatic heterocycles. The second kappa shape index (κ2) is 11.7. The van der Waals surface area contributed by atoms with Crippen LogP contribution in [0.2, 0.25) is 0 Å². The van der Waals surface area contributed by atoms with Crippen LogP contribution in [0.5, 0.6) is 0 Å². The molecule has 0 saturated carbocycles. The minimum Gasteiger partial charge on any atom is -0.459 e. The minimum atomic E-state index is -3.64. The smallest absolute Gasteiger partial charge is 0.326 e. The molecule has 0 radical (unpaired) electrons. The van der Waals surface area contributed by atoms with E-state index in [0.29, 0.717) is 11.1 Å². The van der Waals surface area contributed by atoms with Crippen molar-refractivity contribution in [1.82, 2.24) is 5.32 Å². The molecule has 0 heterocycles. The van der Waals surface area contributed by atoms with Gasteiger partial charge in [0.25, 0.3) is 5.91 Å². The number of rotatable bonds is 10. The predicted octanol–water partition coefficient (Wildman–Crippen LogP) is 3.72. The number of carbonyl (C=O) groups is 2. The molecular weight excluding hydrogens is 509 g/mol. The van der Waals surface area contributed by atoms with Crippen LogP contribution in [0.25, 0.3) is 0 Å². The Bertz CT molecular complexity index is 1390. The van der Waals surface area contributed by atoms with Gasteiger partial charge in [0.1, 0.15) is 18.0 Å². The number of anilines is 1. The second-order valence-electron chi connectivity index (χ2n) is 9.52. The monoisotopic (exact) mass is 541 g/mol. The van der Waals surface area contributed by atoms with Gasteiger partial charge in [0, 0.05) is 19.0 Å². The van der Waals surface area contributed by atoms with Crippen LogP contribution in [0, 0.1) is 5.82 Å². The van der Waals surface area contributed by atoms with Gasteiger partial charge in [-0.2, -0.15) is 0 Å². The van der Waals surface area contributed by atoms with Crippen molar-refractivity contribution in [3.05, 3.63) is 101 Å². The molecule has 0 aromatic heterocycles. The summed E-state index contributed by atoms with van der Waals surface area (Å²) in [6, 6.07) is 19.1. The molecule has 1 unspecified atom stereocenters. The average molecular weight is 542 g/mol. The predicted molar refractivity (Wildman–Crippen MR) is 145 cm³/mol. The fourth-order valence-corrected chi connectivity index (χ4v) is 4.27. The maximum Gasteiger partial charge on any atom is 0.326 e. The average Bonchev–Trinajstić information content (AvgIpc) is 2.86. The van der Waals surface area contributed by atoms with E-state index < -0.39 is 33.5 Å². The summed E-state index contributed by atoms with van der Waals surface area (Å²) < 4.78 is 44.1. The molecule has 3 aromatic carbocycles. The van der Waals surface area contributed by atoms with E-state index in [9.17, 15) is 22.4 Å². The van der Waals surface area contributed by atoms with Crippen molar-refractivity contribution in [3.8, 4) is 0 Å². The molecule has 202 valence electrons. The topological polar surface area (TPSA) is 119 Å². The second-order valence-corrected chi connectivity index (χ2v) is 11.5. The third-order valence-electron chi connectivity index (χ3n) is 6.07. The Hall–Kier alpha value is -3.76. The van der Waals surface area contributed by atoms with Crippen LogP contribution >= 0.6 is 0 Å². The Kier molecular flexibility index (Phi) is 8.90. The van der Waals surface area contributed by atoms with Gasteiger partial charge < -0.3 is 15.8 Å². The molecule has 0 spiro atoms. The highest BCUT2D eigenvalue weighted by atomic mass is 32.2. The molecule has 3 rings (SSSR count). The number of sulfonamides is 1. The van der Waals surface area contributed by atoms with Gasteiger partial charge in [-0.25, -0.2) is 12.8 Å². The molecule has 0 fully saturated rings. The molecule has 1 amide bonds. The Labute approximate surface area is 222 Å². The first-order valence-electron chi connectivity index (χ1n) is 11.9. The molecule has 38 heavy (non-hydrogen) atoms. The van der Waals surface area contributed by atoms with Gasteiger partial charge >= 0.3 is 5.97 Å². The molecule has 10 heteroatoms. The number of benzene rings is 3. The number of halogens is 1. The number of amides is 1. The zero-order valence-electron chi connectivity index (χ0n) is 21.8. The van der Waals surface area contributed by atoms with Crippen molar-refractivity contribution in [1.29, 1.82) is 0 Å². The van der Waals surface area contributed by atoms with Gasteiger partial charge in [-0.15, -0.1) is 0 Å². The Morgan fingerprint density at radius 1 is 1.05 bits per heavy atom. The maximum atomic E-state index is 13.3. The lowest BCUT2D eigenvalue weighted by molar-refractivity contribution is -0.150. The van der Waals surface area contributed by atoms with E-state index >= 15 is 0 Å². The highest BCUT2D eigenvalue weighted by Gasteiger charge is 2.30. The summed E-state index contributed by atoms with van der Waals surface area (Å²) in [7, 11) is -2.27. The molecule has 8 nitrogen and oxygen atoms in total. The lowest BCUT2D eigenvalue weighted by Crippen LogP contribution is -2.48. The van der Waals surface area contributed by atoms with Crippen LogP contribution in [-0.4, -0.2) is 39.1 Å². The summed E-state index contributed by atoms with van der Waals surface area (Å²) in [5, 5.41) is 2.82. The fourth-order valence-electron chi connectivity index (χ4n) is 3.78. The van der Waals surface area contributed by atoms with Crippen molar-refractivity contribution < 1.29 is 27.1 Å². The lowest BCUT2D eigenvalue weighted by Gasteiger charge is -2.23. The number of carbonyl (C=O) groups excluding carboxylic acids is 2. The SMILES string of the molecule is C[C@@H](NC(=O)c1cc(COC(=O)C(C)(N)Cc2ccccc2)cc(N(C)S(C)(=O)=O)c1)c1ccc(F)cc1. The van der Waals surface area contributed by atoms with Crippen molar-refractivity contribution >= 4 is 27.6 Å². The maximum absolute atomic E-state index is 13.3. The molecule has 0 aliphatic carbocycles. The van der Waals surface area contributed by atoms with E-state index in [1.165, 1.54) is 37.4 Å². The van der Waals surface area contributed by atoms with E-state index in [1.807, 2.05) is 30.3 Å². The highest BCUT2D eigenvalue weighted by Crippen LogP contribution is 2.23. The normalized spacial score (nSPS) is 13.7. The van der Waals surface area contributed by atoms with Crippen molar-refractivity contribution in [2.45, 2.75) is 38.5 Å². The Morgan fingerprint density at radius 2 is 1.68 bits per heavy atom. The minimum absolute atomic E-state index is 0.165. The quantitative estimate of drug-likeness (QED) is 0.378. The molecule has 0 bridgehead atoms. The molecule has 3 N–H and O–H groups in total. The summed E-state index contributed by atoms with van der Waals surface area (Å²) in [4.78, 5) is 25.9.